The van der Waals surface area contributed by atoms with Gasteiger partial charge in [-0.05, 0) is 66.3 Å². The van der Waals surface area contributed by atoms with E-state index in [0.29, 0.717) is 29.0 Å². The Morgan fingerprint density at radius 3 is 2.23 bits per heavy atom. The van der Waals surface area contributed by atoms with Gasteiger partial charge in [0, 0.05) is 17.2 Å². The Bertz CT molecular complexity index is 1160. The standard InChI is InChI=1S/C30H31F3O2/c1-2-3-19-4-8-21(9-5-19)24-14-15-25(30(33)29(24)32)22-10-6-20(7-11-22)17-34-23-12-13-26(27(31)16-23)28-18-35-28/h6-7,10-16,19,21,28H,2-5,8-9,17-18H2,1H3. The number of rotatable bonds is 8. The lowest BCUT2D eigenvalue weighted by Gasteiger charge is -2.29. The van der Waals surface area contributed by atoms with Crippen molar-refractivity contribution in [2.75, 3.05) is 6.61 Å². The van der Waals surface area contributed by atoms with E-state index in [-0.39, 0.29) is 30.0 Å². The molecule has 0 aromatic heterocycles. The number of epoxide rings is 1. The number of hydrogen-bond acceptors (Lipinski definition) is 2. The molecule has 3 aromatic carbocycles. The second-order valence-electron chi connectivity index (χ2n) is 9.83. The van der Waals surface area contributed by atoms with Crippen molar-refractivity contribution in [1.82, 2.24) is 0 Å². The van der Waals surface area contributed by atoms with E-state index in [1.165, 1.54) is 18.9 Å². The quantitative estimate of drug-likeness (QED) is 0.302. The lowest BCUT2D eigenvalue weighted by molar-refractivity contribution is 0.303. The molecule has 2 aliphatic rings. The average Bonchev–Trinajstić information content (AvgIpc) is 3.71. The summed E-state index contributed by atoms with van der Waals surface area (Å²) in [4.78, 5) is 0. The molecular formula is C30H31F3O2. The molecule has 35 heavy (non-hydrogen) atoms. The first-order valence-electron chi connectivity index (χ1n) is 12.6. The van der Waals surface area contributed by atoms with Gasteiger partial charge in [0.05, 0.1) is 6.61 Å². The highest BCUT2D eigenvalue weighted by atomic mass is 19.2. The fourth-order valence-corrected chi connectivity index (χ4v) is 5.31. The SMILES string of the molecule is CCCC1CCC(c2ccc(-c3ccc(COc4ccc(C5CO5)c(F)c4)cc3)c(F)c2F)CC1. The van der Waals surface area contributed by atoms with Gasteiger partial charge in [0.25, 0.3) is 0 Å². The van der Waals surface area contributed by atoms with E-state index in [1.54, 1.807) is 36.4 Å². The highest BCUT2D eigenvalue weighted by molar-refractivity contribution is 5.65. The second kappa shape index (κ2) is 10.4. The lowest BCUT2D eigenvalue weighted by Crippen LogP contribution is -2.15. The molecule has 0 N–H and O–H groups in total. The van der Waals surface area contributed by atoms with E-state index < -0.39 is 11.6 Å². The normalized spacial score (nSPS) is 21.7. The summed E-state index contributed by atoms with van der Waals surface area (Å²) in [6.07, 6.45) is 6.30. The molecule has 0 bridgehead atoms. The summed E-state index contributed by atoms with van der Waals surface area (Å²) in [6.45, 7) is 3.00. The van der Waals surface area contributed by atoms with Gasteiger partial charge >= 0.3 is 0 Å². The third kappa shape index (κ3) is 5.40. The van der Waals surface area contributed by atoms with Crippen LogP contribution in [-0.4, -0.2) is 6.61 Å². The van der Waals surface area contributed by atoms with Crippen LogP contribution in [0.4, 0.5) is 13.2 Å². The third-order valence-corrected chi connectivity index (χ3v) is 7.42. The molecule has 1 atom stereocenters. The Labute approximate surface area is 205 Å². The van der Waals surface area contributed by atoms with E-state index >= 15 is 8.78 Å². The van der Waals surface area contributed by atoms with Gasteiger partial charge in [0.1, 0.15) is 24.3 Å². The van der Waals surface area contributed by atoms with Gasteiger partial charge in [0.2, 0.25) is 0 Å². The fourth-order valence-electron chi connectivity index (χ4n) is 5.31. The van der Waals surface area contributed by atoms with Crippen molar-refractivity contribution in [3.63, 3.8) is 0 Å². The van der Waals surface area contributed by atoms with Gasteiger partial charge in [-0.3, -0.25) is 0 Å². The Kier molecular flexibility index (Phi) is 7.14. The minimum Gasteiger partial charge on any atom is -0.489 e. The number of ether oxygens (including phenoxy) is 2. The van der Waals surface area contributed by atoms with Crippen LogP contribution in [0.5, 0.6) is 5.75 Å². The third-order valence-electron chi connectivity index (χ3n) is 7.42. The molecule has 1 aliphatic carbocycles. The maximum atomic E-state index is 15.1. The summed E-state index contributed by atoms with van der Waals surface area (Å²) in [5, 5.41) is 0. The van der Waals surface area contributed by atoms with Crippen LogP contribution in [0, 0.1) is 23.4 Å². The summed E-state index contributed by atoms with van der Waals surface area (Å²) in [7, 11) is 0. The van der Waals surface area contributed by atoms with Crippen LogP contribution >= 0.6 is 0 Å². The van der Waals surface area contributed by atoms with Crippen LogP contribution in [0.25, 0.3) is 11.1 Å². The van der Waals surface area contributed by atoms with Gasteiger partial charge in [0.15, 0.2) is 11.6 Å². The Morgan fingerprint density at radius 1 is 0.857 bits per heavy atom. The number of halogens is 3. The second-order valence-corrected chi connectivity index (χ2v) is 9.83. The van der Waals surface area contributed by atoms with Crippen molar-refractivity contribution in [2.24, 2.45) is 5.92 Å². The molecule has 1 heterocycles. The van der Waals surface area contributed by atoms with Crippen LogP contribution in [0.15, 0.2) is 54.6 Å². The summed E-state index contributed by atoms with van der Waals surface area (Å²) in [5.41, 5.74) is 2.79. The minimum atomic E-state index is -0.780. The van der Waals surface area contributed by atoms with Crippen molar-refractivity contribution in [1.29, 1.82) is 0 Å². The van der Waals surface area contributed by atoms with Gasteiger partial charge < -0.3 is 9.47 Å². The first kappa shape index (κ1) is 23.9. The monoisotopic (exact) mass is 480 g/mol. The van der Waals surface area contributed by atoms with E-state index in [0.717, 1.165) is 37.2 Å². The maximum Gasteiger partial charge on any atom is 0.166 e. The number of hydrogen-bond donors (Lipinski definition) is 0. The van der Waals surface area contributed by atoms with Gasteiger partial charge in [-0.2, -0.15) is 0 Å². The van der Waals surface area contributed by atoms with Crippen molar-refractivity contribution in [3.8, 4) is 16.9 Å². The zero-order chi connectivity index (χ0) is 24.4. The molecule has 0 amide bonds. The minimum absolute atomic E-state index is 0.0990. The maximum absolute atomic E-state index is 15.1. The van der Waals surface area contributed by atoms with Crippen molar-refractivity contribution < 1.29 is 22.6 Å². The molecule has 1 aliphatic heterocycles. The fraction of sp³-hybridized carbons (Fsp3) is 0.400. The molecule has 2 nitrogen and oxygen atoms in total. The molecule has 1 saturated heterocycles. The molecule has 0 spiro atoms. The molecule has 0 radical (unpaired) electrons. The first-order chi connectivity index (χ1) is 17.0. The van der Waals surface area contributed by atoms with E-state index in [2.05, 4.69) is 6.92 Å². The average molecular weight is 481 g/mol. The Morgan fingerprint density at radius 2 is 1.57 bits per heavy atom. The first-order valence-corrected chi connectivity index (χ1v) is 12.6. The topological polar surface area (TPSA) is 21.8 Å². The van der Waals surface area contributed by atoms with Crippen LogP contribution in [-0.2, 0) is 11.3 Å². The largest absolute Gasteiger partial charge is 0.489 e. The van der Waals surface area contributed by atoms with E-state index in [4.69, 9.17) is 9.47 Å². The summed E-state index contributed by atoms with van der Waals surface area (Å²) >= 11 is 0. The van der Waals surface area contributed by atoms with E-state index in [9.17, 15) is 4.39 Å². The molecular weight excluding hydrogens is 449 g/mol. The predicted octanol–water partition coefficient (Wildman–Crippen LogP) is 8.50. The molecule has 5 heteroatoms. The molecule has 1 unspecified atom stereocenters. The highest BCUT2D eigenvalue weighted by Crippen LogP contribution is 2.40. The summed E-state index contributed by atoms with van der Waals surface area (Å²) < 4.78 is 55.1. The Balaban J connectivity index is 1.23. The van der Waals surface area contributed by atoms with E-state index in [1.807, 2.05) is 12.1 Å². The molecule has 5 rings (SSSR count). The Hall–Kier alpha value is -2.79. The predicted molar refractivity (Wildman–Crippen MR) is 131 cm³/mol. The molecule has 2 fully saturated rings. The molecule has 1 saturated carbocycles. The number of benzene rings is 3. The highest BCUT2D eigenvalue weighted by Gasteiger charge is 2.28. The lowest BCUT2D eigenvalue weighted by atomic mass is 9.77. The van der Waals surface area contributed by atoms with Crippen LogP contribution < -0.4 is 4.74 Å². The summed E-state index contributed by atoms with van der Waals surface area (Å²) in [5.74, 6) is -0.574. The van der Waals surface area contributed by atoms with Crippen molar-refractivity contribution >= 4 is 0 Å². The van der Waals surface area contributed by atoms with Gasteiger partial charge in [-0.1, -0.05) is 56.2 Å². The van der Waals surface area contributed by atoms with Crippen molar-refractivity contribution in [2.45, 2.75) is 64.1 Å². The summed E-state index contributed by atoms with van der Waals surface area (Å²) in [6, 6.07) is 15.4. The zero-order valence-electron chi connectivity index (χ0n) is 20.0. The molecule has 3 aromatic rings. The van der Waals surface area contributed by atoms with Crippen LogP contribution in [0.2, 0.25) is 0 Å². The van der Waals surface area contributed by atoms with Crippen LogP contribution in [0.3, 0.4) is 0 Å². The van der Waals surface area contributed by atoms with Crippen LogP contribution in [0.1, 0.15) is 74.2 Å². The van der Waals surface area contributed by atoms with Gasteiger partial charge in [-0.15, -0.1) is 0 Å². The van der Waals surface area contributed by atoms with Crippen molar-refractivity contribution in [3.05, 3.63) is 88.7 Å². The smallest absolute Gasteiger partial charge is 0.166 e. The van der Waals surface area contributed by atoms with Gasteiger partial charge in [-0.25, -0.2) is 13.2 Å². The molecule has 184 valence electrons. The zero-order valence-corrected chi connectivity index (χ0v) is 20.0.